The van der Waals surface area contributed by atoms with Crippen LogP contribution in [0.3, 0.4) is 0 Å². The minimum Gasteiger partial charge on any atom is -0.497 e. The number of methoxy groups -OCH3 is 1. The number of fused-ring (bicyclic) bond motifs is 1. The van der Waals surface area contributed by atoms with Crippen LogP contribution < -0.4 is 4.74 Å². The fraction of sp³-hybridized carbons (Fsp3) is 0.118. The molecule has 0 amide bonds. The average molecular weight is 466 g/mol. The molecule has 0 N–H and O–H groups in total. The van der Waals surface area contributed by atoms with Gasteiger partial charge >= 0.3 is 0 Å². The van der Waals surface area contributed by atoms with Gasteiger partial charge in [0, 0.05) is 11.8 Å². The van der Waals surface area contributed by atoms with Gasteiger partial charge < -0.3 is 4.74 Å². The van der Waals surface area contributed by atoms with E-state index in [4.69, 9.17) is 16.3 Å². The van der Waals surface area contributed by atoms with Crippen molar-refractivity contribution in [2.45, 2.75) is 6.54 Å². The van der Waals surface area contributed by atoms with E-state index in [-0.39, 0.29) is 0 Å². The normalized spacial score (nSPS) is 11.2. The van der Waals surface area contributed by atoms with Crippen molar-refractivity contribution < 1.29 is 4.74 Å². The molecule has 3 heterocycles. The van der Waals surface area contributed by atoms with Crippen LogP contribution in [-0.4, -0.2) is 31.5 Å². The van der Waals surface area contributed by atoms with Gasteiger partial charge in [-0.15, -0.1) is 0 Å². The van der Waals surface area contributed by atoms with Gasteiger partial charge in [-0.3, -0.25) is 4.68 Å². The SMILES string of the molecule is COc1ccc(Cn2cc(-c3cn4ncc(I)c4c(Cl)n3)cn2)cc1. The summed E-state index contributed by atoms with van der Waals surface area (Å²) in [6, 6.07) is 7.92. The molecule has 4 aromatic rings. The monoisotopic (exact) mass is 465 g/mol. The average Bonchev–Trinajstić information content (AvgIpc) is 3.23. The molecule has 0 radical (unpaired) electrons. The number of benzene rings is 1. The number of rotatable bonds is 4. The summed E-state index contributed by atoms with van der Waals surface area (Å²) in [6.07, 6.45) is 7.35. The minimum absolute atomic E-state index is 0.433. The molecule has 25 heavy (non-hydrogen) atoms. The molecule has 1 aromatic carbocycles. The van der Waals surface area contributed by atoms with E-state index in [9.17, 15) is 0 Å². The maximum atomic E-state index is 6.31. The molecule has 0 spiro atoms. The molecule has 3 aromatic heterocycles. The highest BCUT2D eigenvalue weighted by Gasteiger charge is 2.12. The van der Waals surface area contributed by atoms with Crippen LogP contribution in [-0.2, 0) is 6.54 Å². The Morgan fingerprint density at radius 3 is 2.68 bits per heavy atom. The lowest BCUT2D eigenvalue weighted by Crippen LogP contribution is -1.99. The molecule has 126 valence electrons. The van der Waals surface area contributed by atoms with Gasteiger partial charge in [-0.05, 0) is 40.3 Å². The lowest BCUT2D eigenvalue weighted by Gasteiger charge is -2.04. The second-order valence-corrected chi connectivity index (χ2v) is 7.00. The number of aromatic nitrogens is 5. The highest BCUT2D eigenvalue weighted by atomic mass is 127. The van der Waals surface area contributed by atoms with Gasteiger partial charge in [0.05, 0.1) is 41.5 Å². The summed E-state index contributed by atoms with van der Waals surface area (Å²) in [7, 11) is 1.66. The number of nitrogens with zero attached hydrogens (tertiary/aromatic N) is 5. The van der Waals surface area contributed by atoms with Gasteiger partial charge in [-0.2, -0.15) is 10.2 Å². The zero-order chi connectivity index (χ0) is 17.4. The van der Waals surface area contributed by atoms with Gasteiger partial charge in [0.25, 0.3) is 0 Å². The van der Waals surface area contributed by atoms with Gasteiger partial charge in [0.1, 0.15) is 11.3 Å². The van der Waals surface area contributed by atoms with Crippen molar-refractivity contribution in [3.05, 3.63) is 63.3 Å². The summed E-state index contributed by atoms with van der Waals surface area (Å²) in [6.45, 7) is 0.666. The lowest BCUT2D eigenvalue weighted by molar-refractivity contribution is 0.414. The van der Waals surface area contributed by atoms with Crippen LogP contribution in [0.4, 0.5) is 0 Å². The molecule has 6 nitrogen and oxygen atoms in total. The summed E-state index contributed by atoms with van der Waals surface area (Å²) < 4.78 is 9.75. The molecule has 0 unspecified atom stereocenters. The van der Waals surface area contributed by atoms with E-state index in [0.717, 1.165) is 31.7 Å². The zero-order valence-corrected chi connectivity index (χ0v) is 16.1. The molecule has 0 aliphatic carbocycles. The number of ether oxygens (including phenoxy) is 1. The summed E-state index contributed by atoms with van der Waals surface area (Å²) >= 11 is 8.50. The molecular formula is C17H13ClIN5O. The highest BCUT2D eigenvalue weighted by molar-refractivity contribution is 14.1. The van der Waals surface area contributed by atoms with Crippen LogP contribution in [0, 0.1) is 3.57 Å². The number of halogens is 2. The van der Waals surface area contributed by atoms with Crippen LogP contribution in [0.5, 0.6) is 5.75 Å². The molecule has 0 aliphatic heterocycles. The Morgan fingerprint density at radius 1 is 1.12 bits per heavy atom. The minimum atomic E-state index is 0.433. The molecule has 8 heteroatoms. The van der Waals surface area contributed by atoms with Gasteiger partial charge in [-0.25, -0.2) is 9.50 Å². The van der Waals surface area contributed by atoms with E-state index >= 15 is 0 Å². The summed E-state index contributed by atoms with van der Waals surface area (Å²) in [5, 5.41) is 9.15. The van der Waals surface area contributed by atoms with E-state index in [1.54, 1.807) is 24.0 Å². The third kappa shape index (κ3) is 3.21. The van der Waals surface area contributed by atoms with Crippen molar-refractivity contribution in [2.75, 3.05) is 7.11 Å². The molecule has 4 rings (SSSR count). The second kappa shape index (κ2) is 6.64. The van der Waals surface area contributed by atoms with Crippen LogP contribution in [0.25, 0.3) is 16.8 Å². The fourth-order valence-corrected chi connectivity index (χ4v) is 3.64. The van der Waals surface area contributed by atoms with E-state index in [2.05, 4.69) is 37.8 Å². The first kappa shape index (κ1) is 16.3. The van der Waals surface area contributed by atoms with Crippen molar-refractivity contribution in [3.8, 4) is 17.0 Å². The molecule has 0 fully saturated rings. The van der Waals surface area contributed by atoms with Crippen LogP contribution in [0.15, 0.2) is 49.1 Å². The highest BCUT2D eigenvalue weighted by Crippen LogP contribution is 2.25. The first-order chi connectivity index (χ1) is 12.1. The number of hydrogen-bond donors (Lipinski definition) is 0. The fourth-order valence-electron chi connectivity index (χ4n) is 2.57. The Balaban J connectivity index is 1.62. The van der Waals surface area contributed by atoms with Crippen LogP contribution >= 0.6 is 34.2 Å². The predicted molar refractivity (Wildman–Crippen MR) is 104 cm³/mol. The Hall–Kier alpha value is -2.13. The largest absolute Gasteiger partial charge is 0.497 e. The molecule has 0 saturated heterocycles. The summed E-state index contributed by atoms with van der Waals surface area (Å²) in [5.41, 5.74) is 3.58. The third-order valence-corrected chi connectivity index (χ3v) is 4.89. The Kier molecular flexibility index (Phi) is 4.34. The molecule has 0 atom stereocenters. The summed E-state index contributed by atoms with van der Waals surface area (Å²) in [5.74, 6) is 0.839. The second-order valence-electron chi connectivity index (χ2n) is 5.48. The predicted octanol–water partition coefficient (Wildman–Crippen LogP) is 3.91. The quantitative estimate of drug-likeness (QED) is 0.429. The van der Waals surface area contributed by atoms with E-state index in [0.29, 0.717) is 11.7 Å². The first-order valence-electron chi connectivity index (χ1n) is 7.49. The van der Waals surface area contributed by atoms with Gasteiger partial charge in [0.15, 0.2) is 5.15 Å². The first-order valence-corrected chi connectivity index (χ1v) is 8.95. The molecule has 0 bridgehead atoms. The Bertz CT molecular complexity index is 1040. The molecule has 0 aliphatic rings. The topological polar surface area (TPSA) is 57.2 Å². The van der Waals surface area contributed by atoms with Gasteiger partial charge in [-0.1, -0.05) is 23.7 Å². The summed E-state index contributed by atoms with van der Waals surface area (Å²) in [4.78, 5) is 4.48. The van der Waals surface area contributed by atoms with Crippen LogP contribution in [0.1, 0.15) is 5.56 Å². The number of hydrogen-bond acceptors (Lipinski definition) is 4. The van der Waals surface area contributed by atoms with Crippen molar-refractivity contribution in [1.29, 1.82) is 0 Å². The standard InChI is InChI=1S/C17H13ClIN5O/c1-25-13-4-2-11(3-5-13)8-23-9-12(6-20-23)15-10-24-16(17(18)22-15)14(19)7-21-24/h2-7,9-10H,8H2,1H3. The lowest BCUT2D eigenvalue weighted by atomic mass is 10.2. The van der Waals surface area contributed by atoms with Gasteiger partial charge in [0.2, 0.25) is 0 Å². The maximum Gasteiger partial charge on any atom is 0.156 e. The third-order valence-electron chi connectivity index (χ3n) is 3.84. The van der Waals surface area contributed by atoms with Crippen LogP contribution in [0.2, 0.25) is 5.15 Å². The maximum absolute atomic E-state index is 6.31. The van der Waals surface area contributed by atoms with E-state index in [1.165, 1.54) is 0 Å². The van der Waals surface area contributed by atoms with Crippen molar-refractivity contribution in [2.24, 2.45) is 0 Å². The van der Waals surface area contributed by atoms with Crippen molar-refractivity contribution >= 4 is 39.7 Å². The Morgan fingerprint density at radius 2 is 1.92 bits per heavy atom. The molecule has 0 saturated carbocycles. The smallest absolute Gasteiger partial charge is 0.156 e. The van der Waals surface area contributed by atoms with Crippen molar-refractivity contribution in [1.82, 2.24) is 24.4 Å². The Labute approximate surface area is 162 Å². The van der Waals surface area contributed by atoms with Crippen molar-refractivity contribution in [3.63, 3.8) is 0 Å². The zero-order valence-electron chi connectivity index (χ0n) is 13.2. The van der Waals surface area contributed by atoms with E-state index in [1.807, 2.05) is 41.3 Å². The van der Waals surface area contributed by atoms with E-state index < -0.39 is 0 Å². The molecular weight excluding hydrogens is 453 g/mol.